The molecule has 32 heavy (non-hydrogen) atoms. The highest BCUT2D eigenvalue weighted by Crippen LogP contribution is 2.24. The van der Waals surface area contributed by atoms with Crippen LogP contribution in [0.25, 0.3) is 0 Å². The Balaban J connectivity index is 1.40. The summed E-state index contributed by atoms with van der Waals surface area (Å²) in [5.41, 5.74) is 3.91. The lowest BCUT2D eigenvalue weighted by molar-refractivity contribution is -0.130. The van der Waals surface area contributed by atoms with Crippen LogP contribution in [0, 0.1) is 6.92 Å². The summed E-state index contributed by atoms with van der Waals surface area (Å²) in [7, 11) is 0. The minimum Gasteiger partial charge on any atom is -0.346 e. The van der Waals surface area contributed by atoms with Crippen LogP contribution in [-0.4, -0.2) is 27.7 Å². The van der Waals surface area contributed by atoms with Gasteiger partial charge in [-0.05, 0) is 42.3 Å². The Labute approximate surface area is 186 Å². The average Bonchev–Trinajstić information content (AvgIpc) is 2.80. The van der Waals surface area contributed by atoms with Crippen LogP contribution in [0.15, 0.2) is 72.9 Å². The van der Waals surface area contributed by atoms with Crippen molar-refractivity contribution in [2.45, 2.75) is 32.5 Å². The van der Waals surface area contributed by atoms with Gasteiger partial charge >= 0.3 is 6.03 Å². The van der Waals surface area contributed by atoms with Gasteiger partial charge in [0.15, 0.2) is 0 Å². The normalized spacial score (nSPS) is 15.9. The van der Waals surface area contributed by atoms with Crippen molar-refractivity contribution >= 4 is 17.8 Å². The van der Waals surface area contributed by atoms with E-state index in [4.69, 9.17) is 0 Å². The largest absolute Gasteiger partial charge is 0.346 e. The summed E-state index contributed by atoms with van der Waals surface area (Å²) in [5, 5.41) is 5.75. The van der Waals surface area contributed by atoms with Gasteiger partial charge in [-0.25, -0.2) is 4.79 Å². The van der Waals surface area contributed by atoms with Gasteiger partial charge in [0, 0.05) is 11.8 Å². The number of hydrogen-bond donors (Lipinski definition) is 2. The van der Waals surface area contributed by atoms with Crippen LogP contribution >= 0.6 is 0 Å². The van der Waals surface area contributed by atoms with Crippen LogP contribution in [0.4, 0.5) is 4.79 Å². The maximum Gasteiger partial charge on any atom is 0.324 e. The predicted octanol–water partition coefficient (Wildman–Crippen LogP) is 3.50. The van der Waals surface area contributed by atoms with Gasteiger partial charge in [-0.2, -0.15) is 0 Å². The molecule has 7 nitrogen and oxygen atoms in total. The molecule has 2 heterocycles. The van der Waals surface area contributed by atoms with Crippen molar-refractivity contribution in [1.29, 1.82) is 0 Å². The van der Waals surface area contributed by atoms with Crippen LogP contribution in [0.2, 0.25) is 0 Å². The van der Waals surface area contributed by atoms with E-state index in [1.807, 2.05) is 49.4 Å². The molecular weight excluding hydrogens is 404 g/mol. The quantitative estimate of drug-likeness (QED) is 0.629. The van der Waals surface area contributed by atoms with E-state index in [1.54, 1.807) is 30.5 Å². The summed E-state index contributed by atoms with van der Waals surface area (Å²) >= 11 is 0. The van der Waals surface area contributed by atoms with Crippen molar-refractivity contribution < 1.29 is 14.4 Å². The van der Waals surface area contributed by atoms with Crippen LogP contribution in [0.1, 0.15) is 45.2 Å². The Morgan fingerprint density at radius 1 is 1.09 bits per heavy atom. The number of amides is 4. The Morgan fingerprint density at radius 3 is 2.69 bits per heavy atom. The molecule has 1 aliphatic heterocycles. The van der Waals surface area contributed by atoms with Gasteiger partial charge in [0.05, 0.1) is 31.2 Å². The van der Waals surface area contributed by atoms with Crippen molar-refractivity contribution in [2.24, 2.45) is 0 Å². The lowest BCUT2D eigenvalue weighted by Gasteiger charge is -2.31. The molecule has 0 bridgehead atoms. The Bertz CT molecular complexity index is 1130. The molecule has 0 saturated carbocycles. The second-order valence-electron chi connectivity index (χ2n) is 7.80. The highest BCUT2D eigenvalue weighted by Gasteiger charge is 2.32. The molecule has 1 unspecified atom stereocenters. The molecule has 3 aromatic rings. The Morgan fingerprint density at radius 2 is 1.94 bits per heavy atom. The summed E-state index contributed by atoms with van der Waals surface area (Å²) in [4.78, 5) is 43.3. The van der Waals surface area contributed by atoms with Crippen molar-refractivity contribution in [3.8, 4) is 0 Å². The van der Waals surface area contributed by atoms with E-state index >= 15 is 0 Å². The Kier molecular flexibility index (Phi) is 6.26. The van der Waals surface area contributed by atoms with Crippen LogP contribution < -0.4 is 10.6 Å². The molecule has 2 N–H and O–H groups in total. The van der Waals surface area contributed by atoms with E-state index < -0.39 is 6.03 Å². The predicted molar refractivity (Wildman–Crippen MR) is 119 cm³/mol. The number of pyridine rings is 1. The van der Waals surface area contributed by atoms with Crippen molar-refractivity contribution in [1.82, 2.24) is 20.5 Å². The van der Waals surface area contributed by atoms with Gasteiger partial charge in [0.1, 0.15) is 0 Å². The maximum atomic E-state index is 12.7. The fourth-order valence-electron chi connectivity index (χ4n) is 3.69. The number of nitrogens with zero attached hydrogens (tertiary/aromatic N) is 2. The number of carbonyl (C=O) groups is 3. The minimum atomic E-state index is -0.433. The molecule has 0 radical (unpaired) electrons. The molecule has 0 spiro atoms. The number of rotatable bonds is 6. The smallest absolute Gasteiger partial charge is 0.324 e. The molecule has 0 aliphatic carbocycles. The van der Waals surface area contributed by atoms with Gasteiger partial charge in [-0.15, -0.1) is 0 Å². The number of aromatic nitrogens is 1. The SMILES string of the molecule is Cc1cccc(C2CC(=O)N(Cc3cccc(C(=O)NCc4ccccn4)c3)C(=O)N2)c1. The summed E-state index contributed by atoms with van der Waals surface area (Å²) in [6, 6.07) is 19.4. The lowest BCUT2D eigenvalue weighted by atomic mass is 9.99. The zero-order valence-corrected chi connectivity index (χ0v) is 17.7. The van der Waals surface area contributed by atoms with E-state index in [-0.39, 0.29) is 30.8 Å². The fraction of sp³-hybridized carbons (Fsp3) is 0.200. The van der Waals surface area contributed by atoms with E-state index in [0.29, 0.717) is 17.7 Å². The molecule has 1 aliphatic rings. The standard InChI is InChI=1S/C25H24N4O3/c1-17-6-4-8-19(12-17)22-14-23(30)29(25(32)28-22)16-18-7-5-9-20(13-18)24(31)27-15-21-10-2-3-11-26-21/h2-13,22H,14-16H2,1H3,(H,27,31)(H,28,32). The van der Waals surface area contributed by atoms with E-state index in [9.17, 15) is 14.4 Å². The molecule has 1 fully saturated rings. The van der Waals surface area contributed by atoms with Crippen molar-refractivity contribution in [3.63, 3.8) is 0 Å². The first-order valence-electron chi connectivity index (χ1n) is 10.4. The monoisotopic (exact) mass is 428 g/mol. The number of aryl methyl sites for hydroxylation is 1. The third kappa shape index (κ3) is 5.00. The number of imide groups is 1. The average molecular weight is 428 g/mol. The molecule has 1 aromatic heterocycles. The number of hydrogen-bond acceptors (Lipinski definition) is 4. The highest BCUT2D eigenvalue weighted by atomic mass is 16.2. The first-order valence-corrected chi connectivity index (χ1v) is 10.4. The topological polar surface area (TPSA) is 91.4 Å². The van der Waals surface area contributed by atoms with Crippen LogP contribution in [0.3, 0.4) is 0 Å². The number of carbonyl (C=O) groups excluding carboxylic acids is 3. The summed E-state index contributed by atoms with van der Waals surface area (Å²) in [5.74, 6) is -0.489. The third-order valence-corrected chi connectivity index (χ3v) is 5.35. The van der Waals surface area contributed by atoms with Gasteiger partial charge < -0.3 is 10.6 Å². The fourth-order valence-corrected chi connectivity index (χ4v) is 3.69. The third-order valence-electron chi connectivity index (χ3n) is 5.35. The second-order valence-corrected chi connectivity index (χ2v) is 7.80. The summed E-state index contributed by atoms with van der Waals surface area (Å²) < 4.78 is 0. The van der Waals surface area contributed by atoms with Gasteiger partial charge in [0.2, 0.25) is 5.91 Å². The molecule has 7 heteroatoms. The molecular formula is C25H24N4O3. The van der Waals surface area contributed by atoms with Gasteiger partial charge in [-0.3, -0.25) is 19.5 Å². The van der Waals surface area contributed by atoms with E-state index in [0.717, 1.165) is 16.8 Å². The molecule has 162 valence electrons. The zero-order valence-electron chi connectivity index (χ0n) is 17.7. The highest BCUT2D eigenvalue weighted by molar-refractivity contribution is 5.97. The molecule has 4 rings (SSSR count). The second kappa shape index (κ2) is 9.43. The zero-order chi connectivity index (χ0) is 22.5. The van der Waals surface area contributed by atoms with Gasteiger partial charge in [-0.1, -0.05) is 48.0 Å². The van der Waals surface area contributed by atoms with Gasteiger partial charge in [0.25, 0.3) is 5.91 Å². The van der Waals surface area contributed by atoms with Crippen molar-refractivity contribution in [3.05, 3.63) is 101 Å². The van der Waals surface area contributed by atoms with Crippen molar-refractivity contribution in [2.75, 3.05) is 0 Å². The molecule has 1 atom stereocenters. The minimum absolute atomic E-state index is 0.104. The molecule has 4 amide bonds. The summed E-state index contributed by atoms with van der Waals surface area (Å²) in [6.07, 6.45) is 1.87. The molecule has 1 saturated heterocycles. The summed E-state index contributed by atoms with van der Waals surface area (Å²) in [6.45, 7) is 2.39. The van der Waals surface area contributed by atoms with E-state index in [2.05, 4.69) is 15.6 Å². The molecule has 2 aromatic carbocycles. The number of nitrogens with one attached hydrogen (secondary N) is 2. The van der Waals surface area contributed by atoms with Crippen LogP contribution in [-0.2, 0) is 17.9 Å². The lowest BCUT2D eigenvalue weighted by Crippen LogP contribution is -2.50. The first-order chi connectivity index (χ1) is 15.5. The number of benzene rings is 2. The Hall–Kier alpha value is -4.00. The maximum absolute atomic E-state index is 12.7. The number of urea groups is 1. The first kappa shape index (κ1) is 21.2. The van der Waals surface area contributed by atoms with Crippen LogP contribution in [0.5, 0.6) is 0 Å². The van der Waals surface area contributed by atoms with E-state index in [1.165, 1.54) is 4.90 Å².